The number of ether oxygens (including phenoxy) is 1. The number of nitrogens with one attached hydrogen (secondary N) is 2. The van der Waals surface area contributed by atoms with E-state index in [0.29, 0.717) is 17.7 Å². The second kappa shape index (κ2) is 6.78. The van der Waals surface area contributed by atoms with Gasteiger partial charge < -0.3 is 15.4 Å². The Hall–Kier alpha value is -2.42. The molecule has 0 radical (unpaired) electrons. The van der Waals surface area contributed by atoms with Crippen molar-refractivity contribution in [2.45, 2.75) is 26.4 Å². The molecule has 0 fully saturated rings. The number of nitrogens with zero attached hydrogens (tertiary/aromatic N) is 2. The number of carbonyl (C=O) groups excluding carboxylic acids is 1. The second-order valence-electron chi connectivity index (χ2n) is 5.77. The molecule has 9 heteroatoms. The maximum absolute atomic E-state index is 11.5. The number of amides is 1. The molecular weight excluding hydrogens is 320 g/mol. The van der Waals surface area contributed by atoms with Gasteiger partial charge in [-0.25, -0.2) is 9.78 Å². The Labute approximate surface area is 137 Å². The fourth-order valence-electron chi connectivity index (χ4n) is 1.92. The smallest absolute Gasteiger partial charge is 0.407 e. The highest BCUT2D eigenvalue weighted by atomic mass is 32.1. The molecule has 0 atom stereocenters. The lowest BCUT2D eigenvalue weighted by molar-refractivity contribution is -0.382. The molecule has 8 nitrogen and oxygen atoms in total. The van der Waals surface area contributed by atoms with Crippen molar-refractivity contribution in [3.63, 3.8) is 0 Å². The molecule has 0 aliphatic heterocycles. The molecule has 124 valence electrons. The predicted octanol–water partition coefficient (Wildman–Crippen LogP) is 3.14. The van der Waals surface area contributed by atoms with E-state index in [1.807, 2.05) is 0 Å². The molecule has 0 spiro atoms. The topological polar surface area (TPSA) is 106 Å². The summed E-state index contributed by atoms with van der Waals surface area (Å²) in [5.41, 5.74) is 1.70. The summed E-state index contributed by atoms with van der Waals surface area (Å²) in [4.78, 5) is 26.4. The number of carbonyl (C=O) groups is 1. The zero-order valence-corrected chi connectivity index (χ0v) is 13.9. The van der Waals surface area contributed by atoms with Gasteiger partial charge in [0.15, 0.2) is 5.52 Å². The quantitative estimate of drug-likeness (QED) is 0.493. The maximum atomic E-state index is 11.5. The molecule has 23 heavy (non-hydrogen) atoms. The van der Waals surface area contributed by atoms with Crippen LogP contribution in [0.15, 0.2) is 17.6 Å². The summed E-state index contributed by atoms with van der Waals surface area (Å²) in [6, 6.07) is 3.43. The normalized spacial score (nSPS) is 11.3. The molecule has 0 aliphatic carbocycles. The second-order valence-corrected chi connectivity index (χ2v) is 6.66. The van der Waals surface area contributed by atoms with Gasteiger partial charge in [0.2, 0.25) is 0 Å². The van der Waals surface area contributed by atoms with E-state index in [2.05, 4.69) is 15.6 Å². The minimum Gasteiger partial charge on any atom is -0.444 e. The zero-order valence-electron chi connectivity index (χ0n) is 13.1. The summed E-state index contributed by atoms with van der Waals surface area (Å²) in [5.74, 6) is 0. The fraction of sp³-hybridized carbons (Fsp3) is 0.429. The molecule has 0 unspecified atom stereocenters. The number of benzene rings is 1. The van der Waals surface area contributed by atoms with Gasteiger partial charge in [-0.2, -0.15) is 0 Å². The first-order valence-corrected chi connectivity index (χ1v) is 7.87. The van der Waals surface area contributed by atoms with Crippen molar-refractivity contribution >= 4 is 39.0 Å². The molecular formula is C14H18N4O4S. The summed E-state index contributed by atoms with van der Waals surface area (Å²) in [5, 5.41) is 16.8. The van der Waals surface area contributed by atoms with Gasteiger partial charge in [-0.15, -0.1) is 11.3 Å². The third kappa shape index (κ3) is 4.52. The number of hydrogen-bond acceptors (Lipinski definition) is 7. The number of aromatic nitrogens is 1. The van der Waals surface area contributed by atoms with Crippen LogP contribution in [0.25, 0.3) is 10.2 Å². The minimum atomic E-state index is -0.564. The van der Waals surface area contributed by atoms with E-state index in [4.69, 9.17) is 4.74 Å². The number of alkyl carbamates (subject to hydrolysis) is 1. The summed E-state index contributed by atoms with van der Waals surface area (Å²) >= 11 is 1.35. The van der Waals surface area contributed by atoms with Crippen LogP contribution in [-0.4, -0.2) is 34.7 Å². The molecule has 0 aliphatic rings. The Bertz CT molecular complexity index is 723. The van der Waals surface area contributed by atoms with Crippen LogP contribution in [-0.2, 0) is 4.74 Å². The number of fused-ring (bicyclic) bond motifs is 1. The molecule has 2 rings (SSSR count). The van der Waals surface area contributed by atoms with Gasteiger partial charge in [0.1, 0.15) is 11.3 Å². The Morgan fingerprint density at radius 2 is 2.13 bits per heavy atom. The molecule has 2 N–H and O–H groups in total. The van der Waals surface area contributed by atoms with E-state index in [9.17, 15) is 14.9 Å². The molecule has 1 aromatic heterocycles. The minimum absolute atomic E-state index is 0.0546. The van der Waals surface area contributed by atoms with Crippen LogP contribution in [0, 0.1) is 10.1 Å². The number of rotatable bonds is 5. The van der Waals surface area contributed by atoms with Crippen LogP contribution in [0.3, 0.4) is 0 Å². The summed E-state index contributed by atoms with van der Waals surface area (Å²) in [6.07, 6.45) is -0.524. The van der Waals surface area contributed by atoms with Crippen LogP contribution >= 0.6 is 11.3 Å². The lowest BCUT2D eigenvalue weighted by Gasteiger charge is -2.19. The first-order valence-electron chi connectivity index (χ1n) is 6.99. The van der Waals surface area contributed by atoms with Gasteiger partial charge in [-0.3, -0.25) is 10.1 Å². The first kappa shape index (κ1) is 16.9. The van der Waals surface area contributed by atoms with E-state index in [1.165, 1.54) is 11.3 Å². The van der Waals surface area contributed by atoms with E-state index in [1.54, 1.807) is 38.4 Å². The van der Waals surface area contributed by atoms with E-state index < -0.39 is 16.6 Å². The highest BCUT2D eigenvalue weighted by Gasteiger charge is 2.20. The Morgan fingerprint density at radius 1 is 1.39 bits per heavy atom. The highest BCUT2D eigenvalue weighted by molar-refractivity contribution is 7.16. The number of thiazole rings is 1. The summed E-state index contributed by atoms with van der Waals surface area (Å²) in [7, 11) is 0. The molecule has 0 saturated carbocycles. The third-order valence-corrected chi connectivity index (χ3v) is 3.56. The van der Waals surface area contributed by atoms with Crippen molar-refractivity contribution in [2.75, 3.05) is 18.4 Å². The monoisotopic (exact) mass is 338 g/mol. The maximum Gasteiger partial charge on any atom is 0.407 e. The van der Waals surface area contributed by atoms with Crippen molar-refractivity contribution in [3.05, 3.63) is 27.8 Å². The van der Waals surface area contributed by atoms with Crippen molar-refractivity contribution < 1.29 is 14.5 Å². The van der Waals surface area contributed by atoms with E-state index in [-0.39, 0.29) is 12.2 Å². The van der Waals surface area contributed by atoms with Gasteiger partial charge in [-0.05, 0) is 32.9 Å². The van der Waals surface area contributed by atoms with Gasteiger partial charge >= 0.3 is 11.8 Å². The van der Waals surface area contributed by atoms with Crippen LogP contribution in [0.2, 0.25) is 0 Å². The van der Waals surface area contributed by atoms with Crippen LogP contribution < -0.4 is 10.6 Å². The van der Waals surface area contributed by atoms with Gasteiger partial charge in [0.05, 0.1) is 15.1 Å². The number of nitro groups is 1. The molecule has 2 aromatic rings. The van der Waals surface area contributed by atoms with Crippen molar-refractivity contribution in [3.8, 4) is 0 Å². The Kier molecular flexibility index (Phi) is 4.99. The summed E-state index contributed by atoms with van der Waals surface area (Å²) in [6.45, 7) is 5.93. The van der Waals surface area contributed by atoms with Crippen molar-refractivity contribution in [1.82, 2.24) is 10.3 Å². The van der Waals surface area contributed by atoms with Crippen LogP contribution in [0.1, 0.15) is 20.8 Å². The number of hydrogen-bond donors (Lipinski definition) is 2. The molecule has 1 aromatic carbocycles. The first-order chi connectivity index (χ1) is 10.8. The van der Waals surface area contributed by atoms with Crippen molar-refractivity contribution in [2.24, 2.45) is 0 Å². The predicted molar refractivity (Wildman–Crippen MR) is 89.0 cm³/mol. The largest absolute Gasteiger partial charge is 0.444 e. The van der Waals surface area contributed by atoms with Gasteiger partial charge in [-0.1, -0.05) is 0 Å². The van der Waals surface area contributed by atoms with Crippen LogP contribution in [0.5, 0.6) is 0 Å². The third-order valence-electron chi connectivity index (χ3n) is 2.77. The lowest BCUT2D eigenvalue weighted by Crippen LogP contribution is -2.35. The lowest BCUT2D eigenvalue weighted by atomic mass is 10.2. The van der Waals surface area contributed by atoms with Crippen LogP contribution in [0.4, 0.5) is 16.2 Å². The fourth-order valence-corrected chi connectivity index (χ4v) is 2.60. The Balaban J connectivity index is 1.96. The van der Waals surface area contributed by atoms with Gasteiger partial charge in [0, 0.05) is 13.1 Å². The zero-order chi connectivity index (χ0) is 17.0. The molecule has 0 bridgehead atoms. The molecule has 0 saturated heterocycles. The van der Waals surface area contributed by atoms with E-state index in [0.717, 1.165) is 4.70 Å². The van der Waals surface area contributed by atoms with Gasteiger partial charge in [0.25, 0.3) is 0 Å². The number of anilines is 1. The molecule has 1 heterocycles. The highest BCUT2D eigenvalue weighted by Crippen LogP contribution is 2.34. The standard InChI is InChI=1S/C14H18N4O4S/c1-14(2,3)22-13(19)16-7-6-15-9-4-5-10-11(17-8-23-10)12(9)18(20)21/h4-5,8,15H,6-7H2,1-3H3,(H,16,19). The number of nitro benzene ring substituents is 1. The average molecular weight is 338 g/mol. The molecule has 1 amide bonds. The van der Waals surface area contributed by atoms with E-state index >= 15 is 0 Å². The summed E-state index contributed by atoms with van der Waals surface area (Å²) < 4.78 is 5.86. The SMILES string of the molecule is CC(C)(C)OC(=O)NCCNc1ccc2scnc2c1[N+](=O)[O-]. The van der Waals surface area contributed by atoms with Crippen molar-refractivity contribution in [1.29, 1.82) is 0 Å². The average Bonchev–Trinajstić information content (AvgIpc) is 2.88. The Morgan fingerprint density at radius 3 is 2.78 bits per heavy atom.